The van der Waals surface area contributed by atoms with Gasteiger partial charge in [0.15, 0.2) is 0 Å². The van der Waals surface area contributed by atoms with E-state index in [4.69, 9.17) is 0 Å². The Kier molecular flexibility index (Phi) is 3.98. The zero-order valence-corrected chi connectivity index (χ0v) is 15.1. The van der Waals surface area contributed by atoms with Crippen LogP contribution in [0.15, 0.2) is 42.5 Å². The SMILES string of the molecule is Cc1cc([N+](=O)[O-])c2c(c1C)[C@@H]1C=CC[C@H]1[C@@H](c1ccccc1C(=O)O)N2. The molecule has 2 aliphatic rings. The van der Waals surface area contributed by atoms with Gasteiger partial charge in [0.05, 0.1) is 16.5 Å². The molecule has 0 bridgehead atoms. The summed E-state index contributed by atoms with van der Waals surface area (Å²) in [7, 11) is 0. The van der Waals surface area contributed by atoms with Crippen molar-refractivity contribution in [3.05, 3.63) is 80.4 Å². The summed E-state index contributed by atoms with van der Waals surface area (Å²) in [6, 6.07) is 8.19. The second kappa shape index (κ2) is 6.23. The topological polar surface area (TPSA) is 92.5 Å². The minimum atomic E-state index is -0.990. The van der Waals surface area contributed by atoms with Gasteiger partial charge in [-0.05, 0) is 54.5 Å². The highest BCUT2D eigenvalue weighted by atomic mass is 16.6. The molecule has 0 fully saturated rings. The Labute approximate surface area is 156 Å². The molecule has 27 heavy (non-hydrogen) atoms. The van der Waals surface area contributed by atoms with Crippen LogP contribution >= 0.6 is 0 Å². The van der Waals surface area contributed by atoms with Crippen LogP contribution in [0.3, 0.4) is 0 Å². The molecule has 0 saturated heterocycles. The van der Waals surface area contributed by atoms with Gasteiger partial charge in [-0.1, -0.05) is 30.4 Å². The number of hydrogen-bond acceptors (Lipinski definition) is 4. The molecule has 0 saturated carbocycles. The van der Waals surface area contributed by atoms with Crippen molar-refractivity contribution in [2.24, 2.45) is 5.92 Å². The monoisotopic (exact) mass is 364 g/mol. The van der Waals surface area contributed by atoms with Crippen molar-refractivity contribution in [3.8, 4) is 0 Å². The number of aromatic carboxylic acids is 1. The number of carboxylic acid groups (broad SMARTS) is 1. The summed E-state index contributed by atoms with van der Waals surface area (Å²) >= 11 is 0. The van der Waals surface area contributed by atoms with Crippen LogP contribution in [0.2, 0.25) is 0 Å². The number of nitrogens with one attached hydrogen (secondary N) is 1. The standard InChI is InChI=1S/C21H20N2O4/c1-11-10-17(23(26)27)20-18(12(11)2)13-8-5-9-14(13)19(22-20)15-6-3-4-7-16(15)21(24)25/h3-8,10,13-14,19,22H,9H2,1-2H3,(H,24,25)/t13-,14-,19+/m1/s1. The summed E-state index contributed by atoms with van der Waals surface area (Å²) in [5, 5.41) is 24.7. The molecule has 2 aromatic carbocycles. The molecule has 2 N–H and O–H groups in total. The van der Waals surface area contributed by atoms with E-state index in [-0.39, 0.29) is 34.1 Å². The average molecular weight is 364 g/mol. The molecule has 0 amide bonds. The van der Waals surface area contributed by atoms with Gasteiger partial charge in [0.2, 0.25) is 0 Å². The van der Waals surface area contributed by atoms with Gasteiger partial charge in [-0.3, -0.25) is 10.1 Å². The predicted octanol–water partition coefficient (Wildman–Crippen LogP) is 4.74. The van der Waals surface area contributed by atoms with Gasteiger partial charge in [-0.15, -0.1) is 0 Å². The second-order valence-electron chi connectivity index (χ2n) is 7.25. The Morgan fingerprint density at radius 3 is 2.74 bits per heavy atom. The Hall–Kier alpha value is -3.15. The first-order chi connectivity index (χ1) is 12.9. The number of carbonyl (C=O) groups is 1. The molecule has 1 aliphatic carbocycles. The maximum absolute atomic E-state index is 11.7. The lowest BCUT2D eigenvalue weighted by Gasteiger charge is -2.38. The molecule has 138 valence electrons. The van der Waals surface area contributed by atoms with E-state index in [1.54, 1.807) is 24.3 Å². The van der Waals surface area contributed by atoms with E-state index in [2.05, 4.69) is 17.5 Å². The molecular formula is C21H20N2O4. The molecular weight excluding hydrogens is 344 g/mol. The molecule has 0 spiro atoms. The van der Waals surface area contributed by atoms with Crippen molar-refractivity contribution >= 4 is 17.3 Å². The quantitative estimate of drug-likeness (QED) is 0.466. The zero-order valence-electron chi connectivity index (χ0n) is 15.1. The molecule has 0 aromatic heterocycles. The van der Waals surface area contributed by atoms with Gasteiger partial charge in [0.1, 0.15) is 5.69 Å². The minimum Gasteiger partial charge on any atom is -0.478 e. The number of nitro benzene ring substituents is 1. The van der Waals surface area contributed by atoms with Gasteiger partial charge in [0.25, 0.3) is 5.69 Å². The Balaban J connectivity index is 1.94. The molecule has 1 aliphatic heterocycles. The van der Waals surface area contributed by atoms with Crippen LogP contribution in [0.25, 0.3) is 0 Å². The Morgan fingerprint density at radius 2 is 2.04 bits per heavy atom. The van der Waals surface area contributed by atoms with Crippen molar-refractivity contribution in [2.75, 3.05) is 5.32 Å². The van der Waals surface area contributed by atoms with Crippen molar-refractivity contribution in [1.82, 2.24) is 0 Å². The largest absolute Gasteiger partial charge is 0.478 e. The van der Waals surface area contributed by atoms with E-state index >= 15 is 0 Å². The number of nitrogens with zero attached hydrogens (tertiary/aromatic N) is 1. The summed E-state index contributed by atoms with van der Waals surface area (Å²) in [6.07, 6.45) is 5.00. The third-order valence-corrected chi connectivity index (χ3v) is 5.87. The van der Waals surface area contributed by atoms with E-state index in [1.807, 2.05) is 19.9 Å². The molecule has 0 unspecified atom stereocenters. The van der Waals surface area contributed by atoms with E-state index in [1.165, 1.54) is 0 Å². The maximum Gasteiger partial charge on any atom is 0.336 e. The van der Waals surface area contributed by atoms with Crippen LogP contribution in [-0.4, -0.2) is 16.0 Å². The van der Waals surface area contributed by atoms with E-state index < -0.39 is 5.97 Å². The lowest BCUT2D eigenvalue weighted by atomic mass is 9.74. The van der Waals surface area contributed by atoms with E-state index in [0.29, 0.717) is 11.3 Å². The Morgan fingerprint density at radius 1 is 1.30 bits per heavy atom. The van der Waals surface area contributed by atoms with Crippen LogP contribution in [0.5, 0.6) is 0 Å². The fourth-order valence-electron chi connectivity index (χ4n) is 4.50. The van der Waals surface area contributed by atoms with Crippen molar-refractivity contribution < 1.29 is 14.8 Å². The number of allylic oxidation sites excluding steroid dienone is 2. The van der Waals surface area contributed by atoms with Crippen LogP contribution in [0, 0.1) is 29.9 Å². The first-order valence-corrected chi connectivity index (χ1v) is 8.94. The molecule has 0 radical (unpaired) electrons. The second-order valence-corrected chi connectivity index (χ2v) is 7.25. The predicted molar refractivity (Wildman–Crippen MR) is 102 cm³/mol. The summed E-state index contributed by atoms with van der Waals surface area (Å²) < 4.78 is 0. The number of anilines is 1. The van der Waals surface area contributed by atoms with E-state index in [0.717, 1.165) is 23.1 Å². The summed E-state index contributed by atoms with van der Waals surface area (Å²) in [4.78, 5) is 23.1. The van der Waals surface area contributed by atoms with Gasteiger partial charge >= 0.3 is 5.97 Å². The highest BCUT2D eigenvalue weighted by Gasteiger charge is 2.42. The van der Waals surface area contributed by atoms with Gasteiger partial charge in [-0.25, -0.2) is 4.79 Å². The van der Waals surface area contributed by atoms with Gasteiger partial charge < -0.3 is 10.4 Å². The lowest BCUT2D eigenvalue weighted by Crippen LogP contribution is -2.31. The number of aryl methyl sites for hydroxylation is 1. The maximum atomic E-state index is 11.7. The normalized spacial score (nSPS) is 22.7. The molecule has 6 heteroatoms. The Bertz CT molecular complexity index is 996. The molecule has 4 rings (SSSR count). The average Bonchev–Trinajstić information content (AvgIpc) is 3.13. The molecule has 6 nitrogen and oxygen atoms in total. The number of nitro groups is 1. The summed E-state index contributed by atoms with van der Waals surface area (Å²) in [5.41, 5.74) is 4.37. The highest BCUT2D eigenvalue weighted by molar-refractivity contribution is 5.90. The van der Waals surface area contributed by atoms with Crippen LogP contribution in [0.4, 0.5) is 11.4 Å². The number of fused-ring (bicyclic) bond motifs is 3. The van der Waals surface area contributed by atoms with E-state index in [9.17, 15) is 20.0 Å². The van der Waals surface area contributed by atoms with Crippen molar-refractivity contribution in [2.45, 2.75) is 32.2 Å². The first kappa shape index (κ1) is 17.3. The third-order valence-electron chi connectivity index (χ3n) is 5.87. The van der Waals surface area contributed by atoms with Crippen LogP contribution in [0.1, 0.15) is 51.0 Å². The molecule has 3 atom stereocenters. The van der Waals surface area contributed by atoms with Crippen molar-refractivity contribution in [1.29, 1.82) is 0 Å². The third kappa shape index (κ3) is 2.60. The number of carboxylic acids is 1. The lowest BCUT2D eigenvalue weighted by molar-refractivity contribution is -0.384. The minimum absolute atomic E-state index is 0.0340. The van der Waals surface area contributed by atoms with Crippen LogP contribution < -0.4 is 5.32 Å². The molecule has 1 heterocycles. The van der Waals surface area contributed by atoms with Gasteiger partial charge in [-0.2, -0.15) is 0 Å². The summed E-state index contributed by atoms with van der Waals surface area (Å²) in [5.74, 6) is -0.833. The smallest absolute Gasteiger partial charge is 0.336 e. The van der Waals surface area contributed by atoms with Crippen LogP contribution in [-0.2, 0) is 0 Å². The molecule has 2 aromatic rings. The number of benzene rings is 2. The zero-order chi connectivity index (χ0) is 19.3. The highest BCUT2D eigenvalue weighted by Crippen LogP contribution is 2.54. The van der Waals surface area contributed by atoms with Gasteiger partial charge in [0, 0.05) is 12.0 Å². The number of rotatable bonds is 3. The number of hydrogen-bond donors (Lipinski definition) is 2. The fourth-order valence-corrected chi connectivity index (χ4v) is 4.50. The summed E-state index contributed by atoms with van der Waals surface area (Å²) in [6.45, 7) is 3.89. The van der Waals surface area contributed by atoms with Crippen molar-refractivity contribution in [3.63, 3.8) is 0 Å². The fraction of sp³-hybridized carbons (Fsp3) is 0.286. The first-order valence-electron chi connectivity index (χ1n) is 8.94.